The number of benzene rings is 2. The lowest BCUT2D eigenvalue weighted by Crippen LogP contribution is -2.33. The Bertz CT molecular complexity index is 570. The summed E-state index contributed by atoms with van der Waals surface area (Å²) in [7, 11) is 0. The molecule has 1 nitrogen and oxygen atoms in total. The van der Waals surface area contributed by atoms with E-state index in [1.54, 1.807) is 0 Å². The van der Waals surface area contributed by atoms with Gasteiger partial charge < -0.3 is 5.73 Å². The van der Waals surface area contributed by atoms with Crippen LogP contribution in [0.4, 0.5) is 4.39 Å². The minimum Gasteiger partial charge on any atom is -0.323 e. The molecule has 0 radical (unpaired) electrons. The molecule has 0 aliphatic heterocycles. The number of rotatable bonds is 5. The molecule has 2 rings (SSSR count). The van der Waals surface area contributed by atoms with Gasteiger partial charge in [0.05, 0.1) is 0 Å². The van der Waals surface area contributed by atoms with Gasteiger partial charge in [-0.2, -0.15) is 0 Å². The molecule has 2 N–H and O–H groups in total. The molecule has 112 valence electrons. The third-order valence-corrected chi connectivity index (χ3v) is 4.24. The lowest BCUT2D eigenvalue weighted by atomic mass is 9.75. The maximum Gasteiger partial charge on any atom is 0.123 e. The van der Waals surface area contributed by atoms with Gasteiger partial charge in [0.2, 0.25) is 0 Å². The van der Waals surface area contributed by atoms with Crippen LogP contribution in [0, 0.1) is 5.82 Å². The van der Waals surface area contributed by atoms with Gasteiger partial charge in [-0.15, -0.1) is 0 Å². The number of aryl methyl sites for hydroxylation is 1. The van der Waals surface area contributed by atoms with Crippen LogP contribution >= 0.6 is 0 Å². The van der Waals surface area contributed by atoms with Crippen molar-refractivity contribution in [3.63, 3.8) is 0 Å². The first-order valence-electron chi connectivity index (χ1n) is 7.55. The van der Waals surface area contributed by atoms with Crippen molar-refractivity contribution in [2.75, 3.05) is 0 Å². The molecule has 0 aliphatic carbocycles. The number of hydrogen-bond donors (Lipinski definition) is 1. The molecular formula is C19H24FN. The lowest BCUT2D eigenvalue weighted by molar-refractivity contribution is 0.420. The van der Waals surface area contributed by atoms with Crippen LogP contribution in [-0.4, -0.2) is 0 Å². The van der Waals surface area contributed by atoms with Crippen molar-refractivity contribution >= 4 is 0 Å². The van der Waals surface area contributed by atoms with Gasteiger partial charge in [-0.25, -0.2) is 4.39 Å². The first-order chi connectivity index (χ1) is 9.95. The van der Waals surface area contributed by atoms with E-state index in [4.69, 9.17) is 5.73 Å². The summed E-state index contributed by atoms with van der Waals surface area (Å²) in [6, 6.07) is 15.0. The van der Waals surface area contributed by atoms with Crippen molar-refractivity contribution < 1.29 is 4.39 Å². The van der Waals surface area contributed by atoms with Crippen LogP contribution in [0.3, 0.4) is 0 Å². The molecule has 0 spiro atoms. The second kappa shape index (κ2) is 6.40. The lowest BCUT2D eigenvalue weighted by Gasteiger charge is -2.32. The molecule has 21 heavy (non-hydrogen) atoms. The van der Waals surface area contributed by atoms with E-state index in [1.807, 2.05) is 12.1 Å². The maximum atomic E-state index is 13.1. The first kappa shape index (κ1) is 15.7. The highest BCUT2D eigenvalue weighted by Crippen LogP contribution is 2.35. The number of hydrogen-bond acceptors (Lipinski definition) is 1. The van der Waals surface area contributed by atoms with E-state index in [2.05, 4.69) is 45.0 Å². The summed E-state index contributed by atoms with van der Waals surface area (Å²) < 4.78 is 13.1. The van der Waals surface area contributed by atoms with Crippen molar-refractivity contribution in [1.82, 2.24) is 0 Å². The Hall–Kier alpha value is -1.67. The molecule has 2 aromatic carbocycles. The smallest absolute Gasteiger partial charge is 0.123 e. The van der Waals surface area contributed by atoms with Gasteiger partial charge >= 0.3 is 0 Å². The van der Waals surface area contributed by atoms with Crippen LogP contribution < -0.4 is 5.73 Å². The molecular weight excluding hydrogens is 261 g/mol. The van der Waals surface area contributed by atoms with Crippen molar-refractivity contribution in [2.45, 2.75) is 45.1 Å². The fraction of sp³-hybridized carbons (Fsp3) is 0.368. The average molecular weight is 285 g/mol. The normalized spacial score (nSPS) is 13.2. The monoisotopic (exact) mass is 285 g/mol. The SMILES string of the molecule is CCCc1ccc(C(N)C(C)(C)c2ccc(F)cc2)cc1. The van der Waals surface area contributed by atoms with Crippen LogP contribution in [0.15, 0.2) is 48.5 Å². The second-order valence-corrected chi connectivity index (χ2v) is 6.20. The molecule has 0 aromatic heterocycles. The fourth-order valence-corrected chi connectivity index (χ4v) is 2.66. The molecule has 0 saturated carbocycles. The zero-order valence-electron chi connectivity index (χ0n) is 13.1. The van der Waals surface area contributed by atoms with Crippen LogP contribution in [0.5, 0.6) is 0 Å². The highest BCUT2D eigenvalue weighted by molar-refractivity contribution is 5.33. The summed E-state index contributed by atoms with van der Waals surface area (Å²) >= 11 is 0. The first-order valence-corrected chi connectivity index (χ1v) is 7.55. The second-order valence-electron chi connectivity index (χ2n) is 6.20. The molecule has 0 bridgehead atoms. The highest BCUT2D eigenvalue weighted by atomic mass is 19.1. The minimum absolute atomic E-state index is 0.126. The van der Waals surface area contributed by atoms with Crippen LogP contribution in [0.2, 0.25) is 0 Å². The van der Waals surface area contributed by atoms with E-state index in [-0.39, 0.29) is 17.3 Å². The molecule has 0 heterocycles. The van der Waals surface area contributed by atoms with Gasteiger partial charge in [0.1, 0.15) is 5.82 Å². The Morgan fingerprint density at radius 2 is 1.57 bits per heavy atom. The van der Waals surface area contributed by atoms with Crippen LogP contribution in [0.25, 0.3) is 0 Å². The molecule has 0 saturated heterocycles. The largest absolute Gasteiger partial charge is 0.323 e. The van der Waals surface area contributed by atoms with Gasteiger partial charge in [-0.1, -0.05) is 63.6 Å². The molecule has 0 aliphatic rings. The number of halogens is 1. The zero-order valence-corrected chi connectivity index (χ0v) is 13.1. The summed E-state index contributed by atoms with van der Waals surface area (Å²) in [6.45, 7) is 6.38. The van der Waals surface area contributed by atoms with Gasteiger partial charge in [-0.3, -0.25) is 0 Å². The molecule has 2 heteroatoms. The summed E-state index contributed by atoms with van der Waals surface area (Å²) in [5.41, 5.74) is 9.73. The van der Waals surface area contributed by atoms with Crippen molar-refractivity contribution in [1.29, 1.82) is 0 Å². The minimum atomic E-state index is -0.250. The van der Waals surface area contributed by atoms with E-state index >= 15 is 0 Å². The molecule has 0 fully saturated rings. The van der Waals surface area contributed by atoms with Gasteiger partial charge in [0, 0.05) is 11.5 Å². The molecule has 1 atom stereocenters. The quantitative estimate of drug-likeness (QED) is 0.842. The van der Waals surface area contributed by atoms with Crippen molar-refractivity contribution in [2.24, 2.45) is 5.73 Å². The Morgan fingerprint density at radius 1 is 1.00 bits per heavy atom. The van der Waals surface area contributed by atoms with Crippen LogP contribution in [0.1, 0.15) is 49.9 Å². The standard InChI is InChI=1S/C19H24FN/c1-4-5-14-6-8-15(9-7-14)18(21)19(2,3)16-10-12-17(20)13-11-16/h6-13,18H,4-5,21H2,1-3H3. The highest BCUT2D eigenvalue weighted by Gasteiger charge is 2.29. The van der Waals surface area contributed by atoms with Gasteiger partial charge in [0.25, 0.3) is 0 Å². The topological polar surface area (TPSA) is 26.0 Å². The van der Waals surface area contributed by atoms with E-state index < -0.39 is 0 Å². The third kappa shape index (κ3) is 3.51. The predicted octanol–water partition coefficient (Wildman–Crippen LogP) is 4.76. The third-order valence-electron chi connectivity index (χ3n) is 4.24. The van der Waals surface area contributed by atoms with Crippen LogP contribution in [-0.2, 0) is 11.8 Å². The van der Waals surface area contributed by atoms with Crippen molar-refractivity contribution in [3.05, 3.63) is 71.0 Å². The fourth-order valence-electron chi connectivity index (χ4n) is 2.66. The zero-order chi connectivity index (χ0) is 15.5. The molecule has 2 aromatic rings. The van der Waals surface area contributed by atoms with Gasteiger partial charge in [-0.05, 0) is 35.2 Å². The summed E-state index contributed by atoms with van der Waals surface area (Å²) in [4.78, 5) is 0. The Balaban J connectivity index is 2.24. The Kier molecular flexibility index (Phi) is 4.79. The van der Waals surface area contributed by atoms with Gasteiger partial charge in [0.15, 0.2) is 0 Å². The van der Waals surface area contributed by atoms with E-state index in [1.165, 1.54) is 17.7 Å². The average Bonchev–Trinajstić information content (AvgIpc) is 2.48. The maximum absolute atomic E-state index is 13.1. The Labute approximate surface area is 127 Å². The van der Waals surface area contributed by atoms with E-state index in [0.717, 1.165) is 24.0 Å². The Morgan fingerprint density at radius 3 is 2.10 bits per heavy atom. The van der Waals surface area contributed by atoms with E-state index in [0.29, 0.717) is 0 Å². The molecule has 0 amide bonds. The molecule has 1 unspecified atom stereocenters. The van der Waals surface area contributed by atoms with Crippen molar-refractivity contribution in [3.8, 4) is 0 Å². The summed E-state index contributed by atoms with van der Waals surface area (Å²) in [5, 5.41) is 0. The predicted molar refractivity (Wildman–Crippen MR) is 86.8 cm³/mol. The number of nitrogens with two attached hydrogens (primary N) is 1. The summed E-state index contributed by atoms with van der Waals surface area (Å²) in [6.07, 6.45) is 2.24. The summed E-state index contributed by atoms with van der Waals surface area (Å²) in [5.74, 6) is -0.216. The van der Waals surface area contributed by atoms with E-state index in [9.17, 15) is 4.39 Å².